The molecule has 0 radical (unpaired) electrons. The van der Waals surface area contributed by atoms with Gasteiger partial charge in [0, 0.05) is 10.0 Å². The number of benzene rings is 2. The Labute approximate surface area is 126 Å². The fourth-order valence-electron chi connectivity index (χ4n) is 2.16. The van der Waals surface area contributed by atoms with Crippen LogP contribution in [0.4, 0.5) is 5.82 Å². The normalized spacial score (nSPS) is 10.7. The van der Waals surface area contributed by atoms with Crippen LogP contribution in [0, 0.1) is 0 Å². The Balaban J connectivity index is 1.93. The van der Waals surface area contributed by atoms with Crippen molar-refractivity contribution >= 4 is 21.7 Å². The Morgan fingerprint density at radius 3 is 2.60 bits per heavy atom. The third kappa shape index (κ3) is 2.60. The number of nitrogens with two attached hydrogens (primary N) is 1. The summed E-state index contributed by atoms with van der Waals surface area (Å²) >= 11 is 3.48. The standard InChI is InChI=1S/C16H14BrN3/c17-14-8-4-7-13(9-14)15-10-19-20(16(15)18)11-12-5-2-1-3-6-12/h1-10H,11,18H2. The molecule has 20 heavy (non-hydrogen) atoms. The summed E-state index contributed by atoms with van der Waals surface area (Å²) in [6.45, 7) is 0.681. The number of nitrogen functional groups attached to an aromatic ring is 1. The summed E-state index contributed by atoms with van der Waals surface area (Å²) in [5.41, 5.74) is 9.43. The molecular formula is C16H14BrN3. The summed E-state index contributed by atoms with van der Waals surface area (Å²) in [4.78, 5) is 0. The summed E-state index contributed by atoms with van der Waals surface area (Å²) < 4.78 is 2.86. The molecule has 0 saturated carbocycles. The van der Waals surface area contributed by atoms with Gasteiger partial charge < -0.3 is 5.73 Å². The first kappa shape index (κ1) is 12.9. The highest BCUT2D eigenvalue weighted by Crippen LogP contribution is 2.28. The molecule has 0 spiro atoms. The van der Waals surface area contributed by atoms with Crippen molar-refractivity contribution in [2.75, 3.05) is 5.73 Å². The third-order valence-corrected chi connectivity index (χ3v) is 3.68. The fraction of sp³-hybridized carbons (Fsp3) is 0.0625. The number of aromatic nitrogens is 2. The van der Waals surface area contributed by atoms with Gasteiger partial charge in [-0.2, -0.15) is 5.10 Å². The van der Waals surface area contributed by atoms with Gasteiger partial charge in [-0.05, 0) is 23.3 Å². The van der Waals surface area contributed by atoms with Gasteiger partial charge in [0.2, 0.25) is 0 Å². The van der Waals surface area contributed by atoms with E-state index in [1.165, 1.54) is 5.56 Å². The zero-order valence-corrected chi connectivity index (χ0v) is 12.4. The van der Waals surface area contributed by atoms with E-state index >= 15 is 0 Å². The molecule has 4 heteroatoms. The van der Waals surface area contributed by atoms with Crippen molar-refractivity contribution < 1.29 is 0 Å². The first-order valence-electron chi connectivity index (χ1n) is 6.35. The first-order valence-corrected chi connectivity index (χ1v) is 7.14. The lowest BCUT2D eigenvalue weighted by molar-refractivity contribution is 0.697. The van der Waals surface area contributed by atoms with Gasteiger partial charge in [-0.1, -0.05) is 58.4 Å². The monoisotopic (exact) mass is 327 g/mol. The van der Waals surface area contributed by atoms with Gasteiger partial charge in [0.1, 0.15) is 5.82 Å². The van der Waals surface area contributed by atoms with E-state index in [0.717, 1.165) is 15.6 Å². The predicted octanol–water partition coefficient (Wildman–Crippen LogP) is 3.94. The summed E-state index contributed by atoms with van der Waals surface area (Å²) in [6.07, 6.45) is 1.82. The van der Waals surface area contributed by atoms with E-state index in [1.807, 2.05) is 53.3 Å². The van der Waals surface area contributed by atoms with Gasteiger partial charge in [0.25, 0.3) is 0 Å². The van der Waals surface area contributed by atoms with E-state index in [0.29, 0.717) is 12.4 Å². The maximum atomic E-state index is 6.22. The molecule has 3 rings (SSSR count). The molecule has 1 aromatic heterocycles. The van der Waals surface area contributed by atoms with Gasteiger partial charge >= 0.3 is 0 Å². The molecule has 0 unspecified atom stereocenters. The average molecular weight is 328 g/mol. The molecule has 100 valence electrons. The van der Waals surface area contributed by atoms with Gasteiger partial charge in [-0.15, -0.1) is 0 Å². The van der Waals surface area contributed by atoms with E-state index in [4.69, 9.17) is 5.73 Å². The highest BCUT2D eigenvalue weighted by Gasteiger charge is 2.10. The summed E-state index contributed by atoms with van der Waals surface area (Å²) in [5.74, 6) is 0.687. The van der Waals surface area contributed by atoms with Crippen molar-refractivity contribution in [3.63, 3.8) is 0 Å². The van der Waals surface area contributed by atoms with Crippen LogP contribution in [0.1, 0.15) is 5.56 Å². The van der Waals surface area contributed by atoms with Crippen LogP contribution in [-0.4, -0.2) is 9.78 Å². The summed E-state index contributed by atoms with van der Waals surface area (Å²) in [6, 6.07) is 18.2. The minimum Gasteiger partial charge on any atom is -0.383 e. The van der Waals surface area contributed by atoms with E-state index in [1.54, 1.807) is 0 Å². The van der Waals surface area contributed by atoms with Gasteiger partial charge in [-0.25, -0.2) is 4.68 Å². The van der Waals surface area contributed by atoms with Gasteiger partial charge in [0.05, 0.1) is 12.7 Å². The van der Waals surface area contributed by atoms with Crippen LogP contribution in [0.3, 0.4) is 0 Å². The topological polar surface area (TPSA) is 43.8 Å². The maximum Gasteiger partial charge on any atom is 0.129 e. The van der Waals surface area contributed by atoms with Gasteiger partial charge in [0.15, 0.2) is 0 Å². The van der Waals surface area contributed by atoms with Crippen LogP contribution in [0.2, 0.25) is 0 Å². The second-order valence-electron chi connectivity index (χ2n) is 4.60. The quantitative estimate of drug-likeness (QED) is 0.791. The van der Waals surface area contributed by atoms with Crippen LogP contribution in [0.5, 0.6) is 0 Å². The highest BCUT2D eigenvalue weighted by atomic mass is 79.9. The fourth-order valence-corrected chi connectivity index (χ4v) is 2.55. The lowest BCUT2D eigenvalue weighted by Gasteiger charge is -2.06. The minimum atomic E-state index is 0.681. The average Bonchev–Trinajstić information content (AvgIpc) is 2.81. The van der Waals surface area contributed by atoms with E-state index < -0.39 is 0 Å². The molecule has 0 aliphatic rings. The van der Waals surface area contributed by atoms with Crippen molar-refractivity contribution in [2.45, 2.75) is 6.54 Å². The van der Waals surface area contributed by atoms with Crippen molar-refractivity contribution in [3.8, 4) is 11.1 Å². The number of nitrogens with zero attached hydrogens (tertiary/aromatic N) is 2. The molecule has 2 N–H and O–H groups in total. The molecule has 0 aliphatic heterocycles. The molecule has 1 heterocycles. The lowest BCUT2D eigenvalue weighted by atomic mass is 10.1. The largest absolute Gasteiger partial charge is 0.383 e. The molecule has 0 fully saturated rings. The molecule has 0 atom stereocenters. The molecule has 3 nitrogen and oxygen atoms in total. The van der Waals surface area contributed by atoms with E-state index in [-0.39, 0.29) is 0 Å². The molecule has 2 aromatic carbocycles. The van der Waals surface area contributed by atoms with Crippen LogP contribution in [0.15, 0.2) is 65.3 Å². The summed E-state index contributed by atoms with van der Waals surface area (Å²) in [7, 11) is 0. The number of anilines is 1. The van der Waals surface area contributed by atoms with Crippen molar-refractivity contribution in [1.29, 1.82) is 0 Å². The Bertz CT molecular complexity index is 720. The zero-order chi connectivity index (χ0) is 13.9. The van der Waals surface area contributed by atoms with Crippen molar-refractivity contribution in [2.24, 2.45) is 0 Å². The minimum absolute atomic E-state index is 0.681. The molecular weight excluding hydrogens is 314 g/mol. The van der Waals surface area contributed by atoms with Crippen molar-refractivity contribution in [3.05, 3.63) is 70.8 Å². The SMILES string of the molecule is Nc1c(-c2cccc(Br)c2)cnn1Cc1ccccc1. The Morgan fingerprint density at radius 1 is 1.05 bits per heavy atom. The molecule has 3 aromatic rings. The van der Waals surface area contributed by atoms with Gasteiger partial charge in [-0.3, -0.25) is 0 Å². The maximum absolute atomic E-state index is 6.22. The van der Waals surface area contributed by atoms with E-state index in [2.05, 4.69) is 33.2 Å². The lowest BCUT2D eigenvalue weighted by Crippen LogP contribution is -2.06. The number of hydrogen-bond acceptors (Lipinski definition) is 2. The Hall–Kier alpha value is -2.07. The molecule has 0 saturated heterocycles. The molecule has 0 bridgehead atoms. The molecule has 0 aliphatic carbocycles. The predicted molar refractivity (Wildman–Crippen MR) is 85.3 cm³/mol. The number of hydrogen-bond donors (Lipinski definition) is 1. The van der Waals surface area contributed by atoms with Crippen molar-refractivity contribution in [1.82, 2.24) is 9.78 Å². The Kier molecular flexibility index (Phi) is 3.56. The van der Waals surface area contributed by atoms with Crippen LogP contribution < -0.4 is 5.73 Å². The number of halogens is 1. The van der Waals surface area contributed by atoms with Crippen LogP contribution in [0.25, 0.3) is 11.1 Å². The highest BCUT2D eigenvalue weighted by molar-refractivity contribution is 9.10. The van der Waals surface area contributed by atoms with E-state index in [9.17, 15) is 0 Å². The second-order valence-corrected chi connectivity index (χ2v) is 5.51. The number of rotatable bonds is 3. The zero-order valence-electron chi connectivity index (χ0n) is 10.8. The smallest absolute Gasteiger partial charge is 0.129 e. The summed E-state index contributed by atoms with van der Waals surface area (Å²) in [5, 5.41) is 4.39. The van der Waals surface area contributed by atoms with Crippen LogP contribution >= 0.6 is 15.9 Å². The Morgan fingerprint density at radius 2 is 1.85 bits per heavy atom. The van der Waals surface area contributed by atoms with Crippen LogP contribution in [-0.2, 0) is 6.54 Å². The third-order valence-electron chi connectivity index (χ3n) is 3.19. The second kappa shape index (κ2) is 5.51. The molecule has 0 amide bonds. The first-order chi connectivity index (χ1) is 9.74.